The number of carbonyl (C=O) groups is 5. The molecule has 19 N–H and O–H groups in total. The van der Waals surface area contributed by atoms with Crippen LogP contribution in [0.2, 0.25) is 0 Å². The van der Waals surface area contributed by atoms with Crippen molar-refractivity contribution in [2.75, 3.05) is 14.2 Å². The molecule has 0 spiro atoms. The number of rotatable bonds is 28. The highest BCUT2D eigenvalue weighted by molar-refractivity contribution is 6.38. The van der Waals surface area contributed by atoms with Gasteiger partial charge in [-0.05, 0) is 163 Å². The van der Waals surface area contributed by atoms with Crippen LogP contribution in [0.25, 0.3) is 21.5 Å². The summed E-state index contributed by atoms with van der Waals surface area (Å²) in [5, 5.41) is 209. The number of benzene rings is 4. The van der Waals surface area contributed by atoms with E-state index in [0.717, 1.165) is 13.8 Å². The average Bonchev–Trinajstić information content (AvgIpc) is 0.732. The van der Waals surface area contributed by atoms with Crippen molar-refractivity contribution >= 4 is 50.5 Å². The van der Waals surface area contributed by atoms with Gasteiger partial charge in [0, 0.05) is 108 Å². The summed E-state index contributed by atoms with van der Waals surface area (Å²) in [6.45, 7) is 24.1. The van der Waals surface area contributed by atoms with Crippen LogP contribution in [-0.2, 0) is 122 Å². The predicted molar refractivity (Wildman–Crippen MR) is 504 cm³/mol. The average molecular weight is 2110 g/mol. The van der Waals surface area contributed by atoms with Crippen LogP contribution >= 0.6 is 0 Å². The molecule has 830 valence electrons. The number of phenols is 4. The summed E-state index contributed by atoms with van der Waals surface area (Å²) in [7, 11) is 2.47. The number of hydrogen-bond acceptors (Lipinski definition) is 46. The number of aromatic hydroxyl groups is 4. The first-order valence-corrected chi connectivity index (χ1v) is 50.7. The van der Waals surface area contributed by atoms with Crippen LogP contribution in [0.15, 0.2) is 24.3 Å². The number of ketones is 5. The maximum Gasteiger partial charge on any atom is 0.227 e. The Morgan fingerprint density at radius 3 is 0.939 bits per heavy atom. The van der Waals surface area contributed by atoms with Crippen molar-refractivity contribution in [2.45, 2.75) is 463 Å². The lowest BCUT2D eigenvalue weighted by atomic mass is 9.75. The molecular weight excluding hydrogens is 1960 g/mol. The zero-order valence-corrected chi connectivity index (χ0v) is 85.8. The van der Waals surface area contributed by atoms with Crippen LogP contribution in [0.4, 0.5) is 0 Å². The number of aliphatic hydroxyl groups excluding tert-OH is 13. The number of carbonyl (C=O) groups excluding carboxylic acids is 5. The standard InChI is InChI=1S/C51H74O23.C51H72O23/c2*1-18-29(70-34-14-30(43(57)21(4)66-34)71-33-13-28(53)42(56)20(3)65-33)12-26-10-25-11-27(48(64-9)41(55)19(2)52)49(47(61)39(25)46(60)38(26)40(18)54)74-36-16-31(44(58)23(6)68-36)72-35-15-32(45(59)22(5)67-35)73-37-17-51(8,63)50(62)24(7)69-37/h10,12,20-24,27-28,30-37,41-45,48-50,53-60,62-63H,11,13-17H2,1-9H3;10,12,20-24,27-28,30-37,42-45,48-50,53-54,56-60,62-63H,11,13-17H2,1-9H3/t20?,21?,22?,23?,24?,27-,28+,30+,31+,32+,33?,34?,35?,36?,37?,41?,42+,43+,44+,45-,48-,49-,50+,51-;20?,21?,22?,23?,24?,27-,28+,30+,31+,32+,33?,34?,35?,36?,37?,42+,43+,44+,45-,48-,49-,50+,51-/m00/s1. The first-order valence-electron chi connectivity index (χ1n) is 50.7. The van der Waals surface area contributed by atoms with Crippen LogP contribution in [-0.4, -0.2) is 416 Å². The molecule has 47 atom stereocenters. The molecule has 46 heteroatoms. The molecular formula is C102H146O46. The minimum absolute atomic E-state index is 0.0165. The Morgan fingerprint density at radius 1 is 0.365 bits per heavy atom. The molecule has 46 nitrogen and oxygen atoms in total. The van der Waals surface area contributed by atoms with Gasteiger partial charge in [-0.3, -0.25) is 24.0 Å². The van der Waals surface area contributed by atoms with Gasteiger partial charge in [0.15, 0.2) is 73.5 Å². The number of fused-ring (bicyclic) bond motifs is 4. The Labute approximate surface area is 853 Å². The van der Waals surface area contributed by atoms with E-state index in [4.69, 9.17) is 104 Å². The van der Waals surface area contributed by atoms with Crippen molar-refractivity contribution in [3.63, 3.8) is 0 Å². The number of phenolic OH excluding ortho intramolecular Hbond substituents is 4. The fourth-order valence-electron chi connectivity index (χ4n) is 22.3. The van der Waals surface area contributed by atoms with Crippen molar-refractivity contribution < 1.29 is 225 Å². The molecule has 10 fully saturated rings. The van der Waals surface area contributed by atoms with E-state index in [1.54, 1.807) is 75.3 Å². The summed E-state index contributed by atoms with van der Waals surface area (Å²) >= 11 is 0. The van der Waals surface area contributed by atoms with Gasteiger partial charge in [-0.25, -0.2) is 0 Å². The summed E-state index contributed by atoms with van der Waals surface area (Å²) in [4.78, 5) is 68.7. The zero-order valence-electron chi connectivity index (χ0n) is 85.8. The molecule has 4 aromatic rings. The summed E-state index contributed by atoms with van der Waals surface area (Å²) in [6, 6.07) is 6.16. The highest BCUT2D eigenvalue weighted by atomic mass is 16.8. The van der Waals surface area contributed by atoms with E-state index in [9.17, 15) is 121 Å². The fraction of sp³-hybridized carbons (Fsp3) is 0.755. The Hall–Kier alpha value is -6.85. The smallest absolute Gasteiger partial charge is 0.227 e. The highest BCUT2D eigenvalue weighted by Crippen LogP contribution is 2.52. The second kappa shape index (κ2) is 46.7. The SMILES string of the molecule is CO[C@H](C(=O)C(C)=O)[C@@H]1Cc2cc3cc(OC4C[C@@H](OC5C[C@@H](O)[C@H](O)C(C)O5)[C@H](O)C(C)O4)c(C)c(O)c3c(O)c2C(=O)[C@H]1OC1C[C@@H](OC2C[C@@H](OC3C[C@](C)(O)[C@H](O)C(C)O3)[C@@H](O)C(C)O2)[C@H](O)C(C)O1.CO[C@H](C(O)C(C)=O)[C@@H]1Cc2cc3cc(OC4C[C@@H](OC5C[C@@H](O)[C@H](O)C(C)O5)[C@H](O)C(C)O4)c(C)c(O)c3c(O)c2C(=O)[C@H]1OC1C[C@@H](OC2C[C@@H](OC3C[C@](C)(O)[C@H](O)C(C)O3)[C@@H](O)C(C)O2)[C@H](O)C(C)O1. The van der Waals surface area contributed by atoms with Crippen molar-refractivity contribution in [1.82, 2.24) is 0 Å². The van der Waals surface area contributed by atoms with E-state index in [1.807, 2.05) is 0 Å². The molecule has 10 heterocycles. The lowest BCUT2D eigenvalue weighted by molar-refractivity contribution is -0.334. The molecule has 0 saturated carbocycles. The molecule has 0 aromatic heterocycles. The van der Waals surface area contributed by atoms with Gasteiger partial charge in [0.2, 0.25) is 18.4 Å². The van der Waals surface area contributed by atoms with E-state index in [-0.39, 0.29) is 143 Å². The molecule has 10 aliphatic heterocycles. The van der Waals surface area contributed by atoms with E-state index in [1.165, 1.54) is 60.1 Å². The van der Waals surface area contributed by atoms with Gasteiger partial charge in [0.1, 0.15) is 120 Å². The van der Waals surface area contributed by atoms with Crippen molar-refractivity contribution in [2.24, 2.45) is 11.8 Å². The molecule has 10 saturated heterocycles. The van der Waals surface area contributed by atoms with Gasteiger partial charge >= 0.3 is 0 Å². The molecule has 12 aliphatic rings. The minimum Gasteiger partial charge on any atom is -0.507 e. The lowest BCUT2D eigenvalue weighted by Gasteiger charge is -2.46. The fourth-order valence-corrected chi connectivity index (χ4v) is 22.3. The summed E-state index contributed by atoms with van der Waals surface area (Å²) in [6.07, 6.45) is -47.2. The van der Waals surface area contributed by atoms with E-state index >= 15 is 0 Å². The topological polar surface area (TPSA) is 673 Å². The van der Waals surface area contributed by atoms with Gasteiger partial charge in [-0.15, -0.1) is 0 Å². The van der Waals surface area contributed by atoms with Crippen molar-refractivity contribution in [3.8, 4) is 34.5 Å². The molecule has 0 radical (unpaired) electrons. The van der Waals surface area contributed by atoms with E-state index in [0.29, 0.717) is 0 Å². The Bertz CT molecular complexity index is 5290. The van der Waals surface area contributed by atoms with Gasteiger partial charge in [-0.1, -0.05) is 0 Å². The Morgan fingerprint density at radius 2 is 0.642 bits per heavy atom. The molecule has 2 aliphatic carbocycles. The maximum absolute atomic E-state index is 14.9. The molecule has 16 rings (SSSR count). The predicted octanol–water partition coefficient (Wildman–Crippen LogP) is 0.988. The second-order valence-electron chi connectivity index (χ2n) is 42.3. The molecule has 0 bridgehead atoms. The minimum atomic E-state index is -1.72. The monoisotopic (exact) mass is 2110 g/mol. The Kier molecular flexibility index (Phi) is 36.3. The molecule has 21 unspecified atom stereocenters. The molecule has 4 aromatic carbocycles. The number of aliphatic hydroxyl groups is 15. The number of ether oxygens (including phenoxy) is 22. The van der Waals surface area contributed by atoms with Crippen LogP contribution in [0.1, 0.15) is 204 Å². The highest BCUT2D eigenvalue weighted by Gasteiger charge is 2.57. The quantitative estimate of drug-likeness (QED) is 0.0353. The van der Waals surface area contributed by atoms with Gasteiger partial charge in [-0.2, -0.15) is 0 Å². The maximum atomic E-state index is 14.9. The lowest BCUT2D eigenvalue weighted by Crippen LogP contribution is -2.58. The number of methoxy groups -OCH3 is 2. The van der Waals surface area contributed by atoms with Crippen LogP contribution in [0, 0.1) is 25.7 Å². The van der Waals surface area contributed by atoms with Gasteiger partial charge in [0.05, 0.1) is 149 Å². The first-order chi connectivity index (χ1) is 69.5. The van der Waals surface area contributed by atoms with Crippen LogP contribution in [0.3, 0.4) is 0 Å². The summed E-state index contributed by atoms with van der Waals surface area (Å²) in [5.74, 6) is -8.18. The first kappa shape index (κ1) is 115. The van der Waals surface area contributed by atoms with Crippen molar-refractivity contribution in [3.05, 3.63) is 57.6 Å². The largest absolute Gasteiger partial charge is 0.507 e. The van der Waals surface area contributed by atoms with E-state index < -0.39 is 339 Å². The van der Waals surface area contributed by atoms with Crippen LogP contribution in [0.5, 0.6) is 34.5 Å². The zero-order chi connectivity index (χ0) is 108. The molecule has 0 amide bonds. The van der Waals surface area contributed by atoms with Gasteiger partial charge < -0.3 is 201 Å². The number of Topliss-reactive ketones (excluding diaryl/α,β-unsaturated/α-hetero) is 5. The van der Waals surface area contributed by atoms with E-state index in [2.05, 4.69) is 0 Å². The third-order valence-electron chi connectivity index (χ3n) is 31.1. The Balaban J connectivity index is 0.000000222. The second-order valence-corrected chi connectivity index (χ2v) is 42.3. The van der Waals surface area contributed by atoms with Crippen molar-refractivity contribution in [1.29, 1.82) is 0 Å². The normalized spacial score (nSPS) is 42.6. The third kappa shape index (κ3) is 24.2. The number of hydrogen-bond donors (Lipinski definition) is 19. The summed E-state index contributed by atoms with van der Waals surface area (Å²) in [5.41, 5.74) is -2.70. The summed E-state index contributed by atoms with van der Waals surface area (Å²) < 4.78 is 133. The molecule has 148 heavy (non-hydrogen) atoms. The third-order valence-corrected chi connectivity index (χ3v) is 31.1. The van der Waals surface area contributed by atoms with Gasteiger partial charge in [0.25, 0.3) is 0 Å². The van der Waals surface area contributed by atoms with Crippen LogP contribution < -0.4 is 9.47 Å².